The molecule has 1 aliphatic rings. The van der Waals surface area contributed by atoms with E-state index in [0.717, 1.165) is 29.6 Å². The molecule has 1 aliphatic carbocycles. The summed E-state index contributed by atoms with van der Waals surface area (Å²) in [5.74, 6) is 0. The zero-order chi connectivity index (χ0) is 14.9. The van der Waals surface area contributed by atoms with E-state index in [2.05, 4.69) is 25.8 Å². The first-order chi connectivity index (χ1) is 10.1. The van der Waals surface area contributed by atoms with Gasteiger partial charge in [-0.2, -0.15) is 0 Å². The molecule has 1 heterocycles. The summed E-state index contributed by atoms with van der Waals surface area (Å²) in [5.41, 5.74) is 4.41. The summed E-state index contributed by atoms with van der Waals surface area (Å²) in [6.07, 6.45) is 4.27. The lowest BCUT2D eigenvalue weighted by Crippen LogP contribution is -2.31. The number of nitrogens with one attached hydrogen (secondary N) is 1. The van der Waals surface area contributed by atoms with Crippen LogP contribution < -0.4 is 0 Å². The van der Waals surface area contributed by atoms with E-state index in [0.29, 0.717) is 5.41 Å². The maximum Gasteiger partial charge on any atom is 0.148 e. The van der Waals surface area contributed by atoms with Gasteiger partial charge in [0, 0.05) is 21.9 Å². The first-order valence-electron chi connectivity index (χ1n) is 7.58. The first kappa shape index (κ1) is 14.7. The number of aromatic amines is 1. The quantitative estimate of drug-likeness (QED) is 0.609. The van der Waals surface area contributed by atoms with Gasteiger partial charge in [-0.05, 0) is 55.7 Å². The van der Waals surface area contributed by atoms with Crippen LogP contribution in [0.1, 0.15) is 37.6 Å². The van der Waals surface area contributed by atoms with E-state index in [1.54, 1.807) is 0 Å². The summed E-state index contributed by atoms with van der Waals surface area (Å²) in [6, 6.07) is 10.2. The Morgan fingerprint density at radius 2 is 2.19 bits per heavy atom. The van der Waals surface area contributed by atoms with Crippen molar-refractivity contribution in [3.05, 3.63) is 36.0 Å². The molecule has 0 spiro atoms. The average molecular weight is 298 g/mol. The van der Waals surface area contributed by atoms with Crippen LogP contribution in [0, 0.1) is 5.41 Å². The van der Waals surface area contributed by atoms with Crippen LogP contribution in [-0.4, -0.2) is 44.1 Å². The van der Waals surface area contributed by atoms with Crippen LogP contribution in [0.15, 0.2) is 30.3 Å². The van der Waals surface area contributed by atoms with E-state index in [4.69, 9.17) is 0 Å². The number of nitrogens with zero attached hydrogens (tertiary/aromatic N) is 1. The highest BCUT2D eigenvalue weighted by atomic mass is 28.1. The fourth-order valence-corrected chi connectivity index (χ4v) is 3.27. The van der Waals surface area contributed by atoms with Gasteiger partial charge in [0.25, 0.3) is 0 Å². The third kappa shape index (κ3) is 3.17. The van der Waals surface area contributed by atoms with Crippen molar-refractivity contribution in [2.24, 2.45) is 5.41 Å². The number of para-hydroxylation sites is 1. The Morgan fingerprint density at radius 3 is 2.86 bits per heavy atom. The molecule has 0 aliphatic heterocycles. The molecule has 1 unspecified atom stereocenters. The van der Waals surface area contributed by atoms with E-state index >= 15 is 0 Å². The number of aromatic nitrogens is 1. The number of benzene rings is 1. The van der Waals surface area contributed by atoms with Crippen molar-refractivity contribution in [1.29, 1.82) is 0 Å². The molecule has 3 nitrogen and oxygen atoms in total. The highest BCUT2D eigenvalue weighted by Crippen LogP contribution is 2.50. The normalized spacial score (nSPS) is 18.0. The second-order valence-electron chi connectivity index (χ2n) is 6.34. The lowest BCUT2D eigenvalue weighted by Gasteiger charge is -2.27. The molecule has 110 valence electrons. The number of hydrogen-bond donors (Lipinski definition) is 2. The predicted octanol–water partition coefficient (Wildman–Crippen LogP) is 2.62. The minimum atomic E-state index is -0.567. The van der Waals surface area contributed by atoms with Gasteiger partial charge >= 0.3 is 0 Å². The molecule has 21 heavy (non-hydrogen) atoms. The molecule has 1 saturated carbocycles. The molecule has 4 heteroatoms. The van der Waals surface area contributed by atoms with Crippen molar-refractivity contribution in [2.75, 3.05) is 13.6 Å². The second kappa shape index (κ2) is 5.87. The predicted molar refractivity (Wildman–Crippen MR) is 88.6 cm³/mol. The Bertz CT molecular complexity index is 600. The molecular formula is C17H22N2OSi. The van der Waals surface area contributed by atoms with Crippen LogP contribution in [-0.2, 0) is 0 Å². The molecule has 1 atom stereocenters. The van der Waals surface area contributed by atoms with Gasteiger partial charge in [0.2, 0.25) is 0 Å². The molecule has 2 N–H and O–H groups in total. The summed E-state index contributed by atoms with van der Waals surface area (Å²) in [5, 5.41) is 11.7. The molecular weight excluding hydrogens is 276 g/mol. The highest BCUT2D eigenvalue weighted by molar-refractivity contribution is 6.27. The summed E-state index contributed by atoms with van der Waals surface area (Å²) >= 11 is 0. The second-order valence-corrected chi connectivity index (χ2v) is 6.75. The van der Waals surface area contributed by atoms with Crippen molar-refractivity contribution in [3.8, 4) is 0 Å². The SMILES string of the molecule is CN(CC1(CCC=[Si])CC1)C(O)c1cc2ccccc2[nH]1. The van der Waals surface area contributed by atoms with Gasteiger partial charge in [0.15, 0.2) is 0 Å². The van der Waals surface area contributed by atoms with Crippen molar-refractivity contribution in [1.82, 2.24) is 9.88 Å². The fourth-order valence-electron chi connectivity index (χ4n) is 3.13. The van der Waals surface area contributed by atoms with Crippen molar-refractivity contribution < 1.29 is 5.11 Å². The zero-order valence-electron chi connectivity index (χ0n) is 12.5. The Hall–Kier alpha value is -1.23. The van der Waals surface area contributed by atoms with E-state index in [-0.39, 0.29) is 0 Å². The van der Waals surface area contributed by atoms with Gasteiger partial charge in [0.05, 0.1) is 5.69 Å². The summed E-state index contributed by atoms with van der Waals surface area (Å²) in [6.45, 7) is 0.948. The lowest BCUT2D eigenvalue weighted by atomic mass is 10.00. The zero-order valence-corrected chi connectivity index (χ0v) is 13.5. The molecule has 0 saturated heterocycles. The maximum absolute atomic E-state index is 10.6. The van der Waals surface area contributed by atoms with E-state index < -0.39 is 6.23 Å². The molecule has 3 rings (SSSR count). The van der Waals surface area contributed by atoms with Crippen molar-refractivity contribution >= 4 is 26.4 Å². The van der Waals surface area contributed by atoms with Gasteiger partial charge in [0.1, 0.15) is 6.23 Å². The number of hydrogen-bond acceptors (Lipinski definition) is 2. The molecule has 1 aromatic carbocycles. The van der Waals surface area contributed by atoms with Crippen molar-refractivity contribution in [3.63, 3.8) is 0 Å². The Morgan fingerprint density at radius 1 is 1.43 bits per heavy atom. The van der Waals surface area contributed by atoms with Gasteiger partial charge < -0.3 is 10.1 Å². The minimum Gasteiger partial charge on any atom is -0.373 e. The number of rotatable bonds is 7. The molecule has 1 fully saturated rings. The van der Waals surface area contributed by atoms with Crippen LogP contribution in [0.5, 0.6) is 0 Å². The van der Waals surface area contributed by atoms with E-state index in [1.807, 2.05) is 37.0 Å². The van der Waals surface area contributed by atoms with Crippen LogP contribution >= 0.6 is 0 Å². The third-order valence-corrected chi connectivity index (χ3v) is 4.90. The van der Waals surface area contributed by atoms with Crippen LogP contribution in [0.4, 0.5) is 0 Å². The monoisotopic (exact) mass is 298 g/mol. The topological polar surface area (TPSA) is 39.3 Å². The van der Waals surface area contributed by atoms with E-state index in [9.17, 15) is 5.11 Å². The molecule has 2 radical (unpaired) electrons. The Kier molecular flexibility index (Phi) is 4.11. The molecule has 0 bridgehead atoms. The Balaban J connectivity index is 1.69. The lowest BCUT2D eigenvalue weighted by molar-refractivity contribution is 0.00434. The molecule has 1 aromatic heterocycles. The fraction of sp³-hybridized carbons (Fsp3) is 0.471. The van der Waals surface area contributed by atoms with Crippen LogP contribution in [0.2, 0.25) is 0 Å². The average Bonchev–Trinajstić information content (AvgIpc) is 3.11. The number of aliphatic hydroxyl groups is 1. The number of aliphatic hydroxyl groups excluding tert-OH is 1. The largest absolute Gasteiger partial charge is 0.373 e. The summed E-state index contributed by atoms with van der Waals surface area (Å²) < 4.78 is 0. The molecule has 2 aromatic rings. The summed E-state index contributed by atoms with van der Waals surface area (Å²) in [7, 11) is 5.44. The van der Waals surface area contributed by atoms with Gasteiger partial charge in [-0.25, -0.2) is 0 Å². The smallest absolute Gasteiger partial charge is 0.148 e. The first-order valence-corrected chi connectivity index (χ1v) is 8.16. The Labute approximate surface area is 129 Å². The van der Waals surface area contributed by atoms with Gasteiger partial charge in [-0.15, -0.1) is 5.67 Å². The van der Waals surface area contributed by atoms with Crippen LogP contribution in [0.3, 0.4) is 0 Å². The van der Waals surface area contributed by atoms with Gasteiger partial charge in [-0.3, -0.25) is 4.90 Å². The maximum atomic E-state index is 10.6. The number of fused-ring (bicyclic) bond motifs is 1. The molecule has 0 amide bonds. The van der Waals surface area contributed by atoms with Gasteiger partial charge in [-0.1, -0.05) is 18.2 Å². The standard InChI is InChI=1S/C17H22N2OSi/c1-19(12-17(8-9-17)7-4-10-21)16(20)15-11-13-5-2-3-6-14(13)18-15/h2-3,5-6,10-11,16,18,20H,4,7-9,12H2,1H3. The van der Waals surface area contributed by atoms with Crippen LogP contribution in [0.25, 0.3) is 10.9 Å². The number of H-pyrrole nitrogens is 1. The third-order valence-electron chi connectivity index (χ3n) is 4.61. The minimum absolute atomic E-state index is 0.408. The van der Waals surface area contributed by atoms with E-state index in [1.165, 1.54) is 19.3 Å². The van der Waals surface area contributed by atoms with Crippen molar-refractivity contribution in [2.45, 2.75) is 31.9 Å². The summed E-state index contributed by atoms with van der Waals surface area (Å²) in [4.78, 5) is 5.38. The highest BCUT2D eigenvalue weighted by Gasteiger charge is 2.43.